The third-order valence-electron chi connectivity index (χ3n) is 3.99. The molecule has 0 saturated heterocycles. The first-order valence-electron chi connectivity index (χ1n) is 8.01. The first kappa shape index (κ1) is 17.0. The van der Waals surface area contributed by atoms with Crippen LogP contribution in [0.4, 0.5) is 5.69 Å². The lowest BCUT2D eigenvalue weighted by Crippen LogP contribution is -2.29. The zero-order valence-corrected chi connectivity index (χ0v) is 14.2. The summed E-state index contributed by atoms with van der Waals surface area (Å²) in [6, 6.07) is 3.89. The van der Waals surface area contributed by atoms with E-state index in [4.69, 9.17) is 11.6 Å². The molecule has 0 spiro atoms. The number of allylic oxidation sites excluding steroid dienone is 1. The Kier molecular flexibility index (Phi) is 6.47. The molecule has 1 amide bonds. The molecule has 2 N–H and O–H groups in total. The van der Waals surface area contributed by atoms with Gasteiger partial charge in [-0.25, -0.2) is 0 Å². The number of carbonyl (C=O) groups is 1. The number of hydrogen-bond donors (Lipinski definition) is 2. The van der Waals surface area contributed by atoms with Gasteiger partial charge in [0, 0.05) is 0 Å². The van der Waals surface area contributed by atoms with Crippen molar-refractivity contribution in [3.63, 3.8) is 0 Å². The Morgan fingerprint density at radius 1 is 1.27 bits per heavy atom. The molecule has 0 atom stereocenters. The van der Waals surface area contributed by atoms with Crippen LogP contribution in [0.3, 0.4) is 0 Å². The second-order valence-corrected chi connectivity index (χ2v) is 6.43. The van der Waals surface area contributed by atoms with Crippen LogP contribution in [0, 0.1) is 13.8 Å². The lowest BCUT2D eigenvalue weighted by Gasteiger charge is -2.14. The molecular formula is C18H25ClN2O. The second-order valence-electron chi connectivity index (χ2n) is 6.02. The van der Waals surface area contributed by atoms with Crippen molar-refractivity contribution in [2.24, 2.45) is 0 Å². The molecule has 1 aromatic rings. The molecule has 0 saturated carbocycles. The predicted molar refractivity (Wildman–Crippen MR) is 93.6 cm³/mol. The van der Waals surface area contributed by atoms with Gasteiger partial charge in [0.2, 0.25) is 5.91 Å². The third kappa shape index (κ3) is 5.15. The minimum absolute atomic E-state index is 0.0496. The van der Waals surface area contributed by atoms with E-state index in [0.717, 1.165) is 24.1 Å². The van der Waals surface area contributed by atoms with E-state index in [-0.39, 0.29) is 5.91 Å². The monoisotopic (exact) mass is 320 g/mol. The van der Waals surface area contributed by atoms with Gasteiger partial charge in [0.05, 0.1) is 17.3 Å². The summed E-state index contributed by atoms with van der Waals surface area (Å²) in [5, 5.41) is 6.70. The zero-order chi connectivity index (χ0) is 15.9. The van der Waals surface area contributed by atoms with Gasteiger partial charge in [0.1, 0.15) is 0 Å². The van der Waals surface area contributed by atoms with E-state index in [1.165, 1.54) is 31.3 Å². The minimum atomic E-state index is -0.0496. The molecule has 0 aliphatic heterocycles. The molecule has 4 heteroatoms. The third-order valence-corrected chi connectivity index (χ3v) is 4.29. The largest absolute Gasteiger partial charge is 0.323 e. The summed E-state index contributed by atoms with van der Waals surface area (Å²) >= 11 is 6.20. The first-order valence-corrected chi connectivity index (χ1v) is 8.39. The summed E-state index contributed by atoms with van der Waals surface area (Å²) in [6.07, 6.45) is 8.43. The minimum Gasteiger partial charge on any atom is -0.323 e. The highest BCUT2D eigenvalue weighted by Gasteiger charge is 2.09. The quantitative estimate of drug-likeness (QED) is 0.603. The molecule has 2 rings (SSSR count). The molecule has 0 bridgehead atoms. The van der Waals surface area contributed by atoms with E-state index in [1.807, 2.05) is 26.0 Å². The van der Waals surface area contributed by atoms with Crippen molar-refractivity contribution in [1.82, 2.24) is 5.32 Å². The normalized spacial score (nSPS) is 14.6. The van der Waals surface area contributed by atoms with Gasteiger partial charge in [-0.05, 0) is 69.7 Å². The van der Waals surface area contributed by atoms with Gasteiger partial charge in [-0.15, -0.1) is 0 Å². The molecule has 22 heavy (non-hydrogen) atoms. The fourth-order valence-electron chi connectivity index (χ4n) is 2.84. The van der Waals surface area contributed by atoms with Crippen molar-refractivity contribution in [3.05, 3.63) is 39.9 Å². The summed E-state index contributed by atoms with van der Waals surface area (Å²) in [5.74, 6) is -0.0496. The molecule has 1 aliphatic rings. The van der Waals surface area contributed by atoms with E-state index in [0.29, 0.717) is 17.3 Å². The van der Waals surface area contributed by atoms with Crippen molar-refractivity contribution in [1.29, 1.82) is 0 Å². The Hall–Kier alpha value is -1.32. The summed E-state index contributed by atoms with van der Waals surface area (Å²) in [7, 11) is 0. The van der Waals surface area contributed by atoms with Crippen LogP contribution in [-0.4, -0.2) is 19.0 Å². The van der Waals surface area contributed by atoms with Crippen LogP contribution in [0.25, 0.3) is 0 Å². The molecule has 0 aromatic heterocycles. The topological polar surface area (TPSA) is 41.1 Å². The number of anilines is 1. The smallest absolute Gasteiger partial charge is 0.238 e. The van der Waals surface area contributed by atoms with Crippen LogP contribution in [-0.2, 0) is 4.79 Å². The Balaban J connectivity index is 1.75. The Morgan fingerprint density at radius 2 is 2.09 bits per heavy atom. The maximum absolute atomic E-state index is 12.0. The number of rotatable bonds is 6. The van der Waals surface area contributed by atoms with Crippen molar-refractivity contribution < 1.29 is 4.79 Å². The Morgan fingerprint density at radius 3 is 2.77 bits per heavy atom. The highest BCUT2D eigenvalue weighted by atomic mass is 35.5. The Bertz CT molecular complexity index is 543. The molecule has 0 radical (unpaired) electrons. The van der Waals surface area contributed by atoms with Crippen molar-refractivity contribution in [3.8, 4) is 0 Å². The second kappa shape index (κ2) is 8.35. The van der Waals surface area contributed by atoms with Crippen LogP contribution in [0.1, 0.15) is 43.2 Å². The van der Waals surface area contributed by atoms with Crippen LogP contribution in [0.5, 0.6) is 0 Å². The molecule has 120 valence electrons. The number of carbonyl (C=O) groups excluding carboxylic acids is 1. The average molecular weight is 321 g/mol. The summed E-state index contributed by atoms with van der Waals surface area (Å²) in [4.78, 5) is 12.0. The predicted octanol–water partition coefficient (Wildman–Crippen LogP) is 4.38. The van der Waals surface area contributed by atoms with Crippen LogP contribution >= 0.6 is 11.6 Å². The fraction of sp³-hybridized carbons (Fsp3) is 0.500. The van der Waals surface area contributed by atoms with E-state index in [2.05, 4.69) is 16.7 Å². The zero-order valence-electron chi connectivity index (χ0n) is 13.5. The highest BCUT2D eigenvalue weighted by molar-refractivity contribution is 6.34. The van der Waals surface area contributed by atoms with Gasteiger partial charge in [-0.2, -0.15) is 0 Å². The molecule has 1 aliphatic carbocycles. The average Bonchev–Trinajstić information content (AvgIpc) is 2.48. The lowest BCUT2D eigenvalue weighted by atomic mass is 9.97. The van der Waals surface area contributed by atoms with E-state index in [1.54, 1.807) is 0 Å². The number of nitrogens with one attached hydrogen (secondary N) is 2. The van der Waals surface area contributed by atoms with E-state index >= 15 is 0 Å². The van der Waals surface area contributed by atoms with Gasteiger partial charge in [-0.3, -0.25) is 4.79 Å². The van der Waals surface area contributed by atoms with Gasteiger partial charge in [-0.1, -0.05) is 29.3 Å². The molecular weight excluding hydrogens is 296 g/mol. The SMILES string of the molecule is Cc1cc(C)c(NC(=O)CNCCC2=CCCCC2)c(Cl)c1. The highest BCUT2D eigenvalue weighted by Crippen LogP contribution is 2.27. The van der Waals surface area contributed by atoms with Gasteiger partial charge in [0.15, 0.2) is 0 Å². The number of amides is 1. The van der Waals surface area contributed by atoms with Gasteiger partial charge >= 0.3 is 0 Å². The number of aryl methyl sites for hydroxylation is 2. The van der Waals surface area contributed by atoms with E-state index in [9.17, 15) is 4.79 Å². The van der Waals surface area contributed by atoms with Crippen molar-refractivity contribution in [2.45, 2.75) is 46.0 Å². The van der Waals surface area contributed by atoms with Crippen LogP contribution in [0.15, 0.2) is 23.8 Å². The standard InChI is InChI=1S/C18H25ClN2O/c1-13-10-14(2)18(16(19)11-13)21-17(22)12-20-9-8-15-6-4-3-5-7-15/h6,10-11,20H,3-5,7-9,12H2,1-2H3,(H,21,22). The summed E-state index contributed by atoms with van der Waals surface area (Å²) in [5.41, 5.74) is 4.33. The molecule has 3 nitrogen and oxygen atoms in total. The maximum Gasteiger partial charge on any atom is 0.238 e. The van der Waals surface area contributed by atoms with Gasteiger partial charge in [0.25, 0.3) is 0 Å². The molecule has 0 fully saturated rings. The van der Waals surface area contributed by atoms with Crippen molar-refractivity contribution >= 4 is 23.2 Å². The van der Waals surface area contributed by atoms with Crippen molar-refractivity contribution in [2.75, 3.05) is 18.4 Å². The van der Waals surface area contributed by atoms with E-state index < -0.39 is 0 Å². The number of hydrogen-bond acceptors (Lipinski definition) is 2. The van der Waals surface area contributed by atoms with Crippen LogP contribution in [0.2, 0.25) is 5.02 Å². The summed E-state index contributed by atoms with van der Waals surface area (Å²) < 4.78 is 0. The molecule has 0 unspecified atom stereocenters. The molecule has 1 aromatic carbocycles. The summed E-state index contributed by atoms with van der Waals surface area (Å²) in [6.45, 7) is 5.11. The first-order chi connectivity index (χ1) is 10.6. The van der Waals surface area contributed by atoms with Crippen LogP contribution < -0.4 is 10.6 Å². The maximum atomic E-state index is 12.0. The lowest BCUT2D eigenvalue weighted by molar-refractivity contribution is -0.115. The molecule has 0 heterocycles. The fourth-order valence-corrected chi connectivity index (χ4v) is 3.21. The number of halogens is 1. The Labute approximate surface area is 138 Å². The van der Waals surface area contributed by atoms with Gasteiger partial charge < -0.3 is 10.6 Å². The number of benzene rings is 1.